The summed E-state index contributed by atoms with van der Waals surface area (Å²) in [5.41, 5.74) is 24.7. The Labute approximate surface area is 596 Å². The molecule has 27 heteroatoms. The van der Waals surface area contributed by atoms with Crippen molar-refractivity contribution >= 4 is 133 Å². The first-order valence-electron chi connectivity index (χ1n) is 30.9. The minimum Gasteiger partial charge on any atom is -0.398 e. The Hall–Kier alpha value is -6.26. The van der Waals surface area contributed by atoms with Crippen LogP contribution in [0.3, 0.4) is 0 Å². The maximum Gasteiger partial charge on any atom is 0.171 e. The Morgan fingerprint density at radius 3 is 1.23 bits per heavy atom. The predicted octanol–water partition coefficient (Wildman–Crippen LogP) is 20.3. The molecule has 0 spiro atoms. The SMILES string of the molecule is C#[C][Sn]([CH2]CCC)([CH2]CCC)[CH2]CCC.CCC[CH2][Sn]([CH2]CCC)([CH2]CCC)[c]1cn(-c2ccc(Cl)cc2C#N)nn1.N#Cc1cc(Cl)ccc1-n1cc(Cl)nn1.N#Cc1cc(Cl)ccc1N.N#Cc1cc(Cl)ccc1N=[N+]=[N-].NCc1cc(Cl)ccc1-n1cc(Cl)nn1. The summed E-state index contributed by atoms with van der Waals surface area (Å²) in [5.74, 6) is 0. The van der Waals surface area contributed by atoms with Crippen molar-refractivity contribution in [3.63, 3.8) is 0 Å². The number of anilines is 1. The number of nitrogen functional groups attached to an aromatic ring is 1. The molecule has 4 N–H and O–H groups in total. The number of benzene rings is 5. The van der Waals surface area contributed by atoms with Crippen LogP contribution in [0.5, 0.6) is 0 Å². The third kappa shape index (κ3) is 27.5. The summed E-state index contributed by atoms with van der Waals surface area (Å²) in [6.07, 6.45) is 26.8. The van der Waals surface area contributed by atoms with Crippen LogP contribution in [-0.2, 0) is 6.54 Å². The molecule has 0 aliphatic heterocycles. The van der Waals surface area contributed by atoms with Gasteiger partial charge < -0.3 is 11.5 Å². The van der Waals surface area contributed by atoms with Gasteiger partial charge in [-0.25, -0.2) is 9.36 Å². The first-order valence-corrected chi connectivity index (χ1v) is 48.5. The van der Waals surface area contributed by atoms with Gasteiger partial charge in [-0.2, -0.15) is 15.8 Å². The number of unbranched alkanes of at least 4 members (excludes halogenated alkanes) is 6. The Morgan fingerprint density at radius 2 is 0.851 bits per heavy atom. The monoisotopic (exact) mass is 1620 g/mol. The maximum atomic E-state index is 9.46. The van der Waals surface area contributed by atoms with Crippen LogP contribution in [0.2, 0.25) is 62.0 Å². The second-order valence-corrected chi connectivity index (χ2v) is 50.1. The summed E-state index contributed by atoms with van der Waals surface area (Å²) < 4.78 is 17.8. The van der Waals surface area contributed by atoms with Gasteiger partial charge in [0.15, 0.2) is 10.3 Å². The molecule has 94 heavy (non-hydrogen) atoms. The molecule has 8 aromatic rings. The summed E-state index contributed by atoms with van der Waals surface area (Å²) in [5, 5.41) is 66.1. The van der Waals surface area contributed by atoms with Gasteiger partial charge in [-0.1, -0.05) is 85.1 Å². The summed E-state index contributed by atoms with van der Waals surface area (Å²) >= 11 is 35.5. The molecule has 0 aliphatic carbocycles. The van der Waals surface area contributed by atoms with Crippen molar-refractivity contribution in [3.05, 3.63) is 183 Å². The van der Waals surface area contributed by atoms with E-state index < -0.39 is 36.8 Å². The molecule has 0 aliphatic rings. The zero-order valence-electron chi connectivity index (χ0n) is 53.9. The molecule has 3 heterocycles. The van der Waals surface area contributed by atoms with Crippen LogP contribution in [0.15, 0.2) is 115 Å². The molecule has 0 unspecified atom stereocenters. The van der Waals surface area contributed by atoms with Crippen molar-refractivity contribution in [1.29, 1.82) is 21.0 Å². The molecule has 0 saturated heterocycles. The Morgan fingerprint density at radius 1 is 0.489 bits per heavy atom. The van der Waals surface area contributed by atoms with Crippen molar-refractivity contribution in [2.24, 2.45) is 10.8 Å². The molecule has 0 fully saturated rings. The van der Waals surface area contributed by atoms with E-state index in [9.17, 15) is 5.26 Å². The first kappa shape index (κ1) is 82.0. The van der Waals surface area contributed by atoms with Gasteiger partial charge in [0, 0.05) is 37.2 Å². The van der Waals surface area contributed by atoms with Gasteiger partial charge in [0.05, 0.1) is 52.2 Å². The predicted molar refractivity (Wildman–Crippen MR) is 390 cm³/mol. The van der Waals surface area contributed by atoms with E-state index in [1.54, 1.807) is 76.2 Å². The molecular formula is C67H79Cl7N18Sn2. The Kier molecular flexibility index (Phi) is 39.4. The van der Waals surface area contributed by atoms with Crippen molar-refractivity contribution < 1.29 is 0 Å². The van der Waals surface area contributed by atoms with Crippen LogP contribution in [-0.4, -0.2) is 81.7 Å². The number of hydrogen-bond donors (Lipinski definition) is 2. The Balaban J connectivity index is 0.000000304. The molecule has 8 rings (SSSR count). The zero-order valence-corrected chi connectivity index (χ0v) is 64.9. The van der Waals surface area contributed by atoms with Gasteiger partial charge in [-0.05, 0) is 83.9 Å². The molecule has 0 amide bonds. The zero-order chi connectivity index (χ0) is 69.5. The van der Waals surface area contributed by atoms with Crippen LogP contribution < -0.4 is 15.2 Å². The van der Waals surface area contributed by atoms with E-state index in [4.69, 9.17) is 120 Å². The van der Waals surface area contributed by atoms with Gasteiger partial charge in [0.2, 0.25) is 0 Å². The molecule has 3 aromatic heterocycles. The number of aromatic nitrogens is 9. The van der Waals surface area contributed by atoms with Crippen LogP contribution in [0.1, 0.15) is 146 Å². The van der Waals surface area contributed by atoms with Gasteiger partial charge >= 0.3 is 275 Å². The fourth-order valence-electron chi connectivity index (χ4n) is 9.68. The standard InChI is InChI=1S/C9H8Cl2N4.C9H4Cl2N4.C9H4ClN4.C7H3ClN4.C7H5ClN2.6C4H9.C2H.2Sn/c2*10-7-1-2-8(6(3-7)4-12)15-5-9(11)13-14-15;10-8-1-2-9(7(5-8)6-11)14-4-3-12-13-14;8-6-1-2-7(11-12-10)5(3-6)4-9;8-6-1-2-7(10)5(3-6)4-9;6*1-3-4-2;1-2;;/h1-3,5H,4,12H2;1-3,5H;1-2,4-5H;1-3H;1-3H,10H2;6*1,3-4H2,2H3;1H;;. The minimum absolute atomic E-state index is 0.272. The molecule has 0 radical (unpaired) electrons. The number of hydrogen-bond acceptors (Lipinski definition) is 13. The first-order chi connectivity index (χ1) is 45.3. The quantitative estimate of drug-likeness (QED) is 0.0143. The summed E-state index contributed by atoms with van der Waals surface area (Å²) in [4.78, 5) is 2.58. The molecule has 0 saturated carbocycles. The topological polar surface area (TPSA) is 288 Å². The van der Waals surface area contributed by atoms with Gasteiger partial charge in [-0.3, -0.25) is 0 Å². The number of nitrogens with zero attached hydrogens (tertiary/aromatic N) is 16. The van der Waals surface area contributed by atoms with Crippen LogP contribution in [0.4, 0.5) is 11.4 Å². The van der Waals surface area contributed by atoms with Crippen molar-refractivity contribution in [3.8, 4) is 51.7 Å². The number of halogens is 7. The summed E-state index contributed by atoms with van der Waals surface area (Å²) in [7, 11) is 0. The minimum atomic E-state index is -2.60. The van der Waals surface area contributed by atoms with Crippen LogP contribution in [0.25, 0.3) is 27.5 Å². The number of nitriles is 4. The third-order valence-electron chi connectivity index (χ3n) is 14.9. The number of rotatable bonds is 24. The van der Waals surface area contributed by atoms with E-state index in [2.05, 4.69) is 98.7 Å². The van der Waals surface area contributed by atoms with Gasteiger partial charge in [0.25, 0.3) is 0 Å². The fraction of sp³-hybridized carbons (Fsp3) is 0.373. The van der Waals surface area contributed by atoms with Crippen LogP contribution >= 0.6 is 81.2 Å². The fourth-order valence-corrected chi connectivity index (χ4v) is 38.0. The van der Waals surface area contributed by atoms with E-state index in [0.29, 0.717) is 70.6 Å². The summed E-state index contributed by atoms with van der Waals surface area (Å²) in [6, 6.07) is 33.1. The van der Waals surface area contributed by atoms with Crippen molar-refractivity contribution in [2.45, 2.75) is 152 Å². The van der Waals surface area contributed by atoms with Crippen molar-refractivity contribution in [2.75, 3.05) is 5.73 Å². The average Bonchev–Trinajstić information content (AvgIpc) is 1.64. The van der Waals surface area contributed by atoms with E-state index >= 15 is 0 Å². The second kappa shape index (κ2) is 45.2. The van der Waals surface area contributed by atoms with Crippen LogP contribution in [0, 0.1) is 55.7 Å². The average molecular weight is 1620 g/mol. The van der Waals surface area contributed by atoms with Gasteiger partial charge in [-0.15, -0.1) is 10.2 Å². The molecule has 0 atom stereocenters. The maximum absolute atomic E-state index is 9.46. The molecular weight excluding hydrogens is 1540 g/mol. The van der Waals surface area contributed by atoms with Gasteiger partial charge in [0.1, 0.15) is 12.1 Å². The molecule has 494 valence electrons. The molecule has 5 aromatic carbocycles. The third-order valence-corrected chi connectivity index (χ3v) is 44.3. The number of terminal acetylenes is 1. The van der Waals surface area contributed by atoms with Crippen molar-refractivity contribution in [1.82, 2.24) is 45.0 Å². The smallest absolute Gasteiger partial charge is 0.171 e. The molecule has 18 nitrogen and oxygen atoms in total. The second-order valence-electron chi connectivity index (χ2n) is 21.7. The Bertz CT molecular complexity index is 3860. The van der Waals surface area contributed by atoms with E-state index in [-0.39, 0.29) is 10.7 Å². The van der Waals surface area contributed by atoms with E-state index in [0.717, 1.165) is 16.9 Å². The largest absolute Gasteiger partial charge is 0.398 e. The number of azide groups is 1. The normalized spacial score (nSPS) is 10.4. The van der Waals surface area contributed by atoms with E-state index in [1.807, 2.05) is 30.3 Å². The number of nitrogens with two attached hydrogens (primary N) is 2. The van der Waals surface area contributed by atoms with E-state index in [1.165, 1.54) is 136 Å². The summed E-state index contributed by atoms with van der Waals surface area (Å²) in [6.45, 7) is 14.1. The molecule has 0 bridgehead atoms.